The van der Waals surface area contributed by atoms with E-state index in [0.29, 0.717) is 29.6 Å². The van der Waals surface area contributed by atoms with Crippen molar-refractivity contribution in [2.45, 2.75) is 91.5 Å². The van der Waals surface area contributed by atoms with E-state index >= 15 is 0 Å². The van der Waals surface area contributed by atoms with Crippen LogP contribution in [-0.2, 0) is 9.53 Å². The molecule has 0 aromatic rings. The minimum Gasteiger partial charge on any atom is -0.365 e. The molecule has 3 saturated carbocycles. The monoisotopic (exact) mass is 412 g/mol. The molecule has 3 heteroatoms. The zero-order valence-corrected chi connectivity index (χ0v) is 19.5. The highest BCUT2D eigenvalue weighted by molar-refractivity contribution is 6.01. The summed E-state index contributed by atoms with van der Waals surface area (Å²) in [6.45, 7) is 11.6. The van der Waals surface area contributed by atoms with Gasteiger partial charge in [-0.15, -0.1) is 0 Å². The summed E-state index contributed by atoms with van der Waals surface area (Å²) in [5.74, 6) is 2.49. The van der Waals surface area contributed by atoms with E-state index in [0.717, 1.165) is 25.7 Å². The van der Waals surface area contributed by atoms with Crippen molar-refractivity contribution in [3.05, 3.63) is 23.8 Å². The lowest BCUT2D eigenvalue weighted by molar-refractivity contribution is -0.220. The molecule has 0 aromatic carbocycles. The maximum absolute atomic E-state index is 12.0. The lowest BCUT2D eigenvalue weighted by Crippen LogP contribution is -2.51. The fraction of sp³-hybridized carbons (Fsp3) is 0.815. The summed E-state index contributed by atoms with van der Waals surface area (Å²) in [5, 5.41) is 11.4. The fourth-order valence-corrected chi connectivity index (χ4v) is 8.67. The summed E-state index contributed by atoms with van der Waals surface area (Å²) in [7, 11) is 0. The van der Waals surface area contributed by atoms with E-state index in [1.165, 1.54) is 24.8 Å². The maximum Gasteiger partial charge on any atom is 0.178 e. The standard InChI is InChI=1S/C27H40O3/c1-16(2)8-13-27(29)17(3)24-23(30-27)15-22-20-7-6-18-14-19(28)9-11-25(18,4)21(20)10-12-26(22,24)5/h9,11,14,16-17,20-24,29H,6-8,10,12-13,15H2,1-5H3. The number of hydrogen-bond acceptors (Lipinski definition) is 3. The van der Waals surface area contributed by atoms with E-state index in [4.69, 9.17) is 4.74 Å². The number of hydrogen-bond donors (Lipinski definition) is 1. The normalized spacial score (nSPS) is 52.0. The summed E-state index contributed by atoms with van der Waals surface area (Å²) in [6, 6.07) is 0. The number of allylic oxidation sites excluding steroid dienone is 4. The SMILES string of the molecule is CC(C)CCC1(O)OC2CC3C4CCC5=CC(=O)C=CC5(C)C4CCC3(C)C2C1C. The van der Waals surface area contributed by atoms with Gasteiger partial charge in [0, 0.05) is 17.8 Å². The Bertz CT molecular complexity index is 796. The number of rotatable bonds is 3. The van der Waals surface area contributed by atoms with Crippen LogP contribution in [0.2, 0.25) is 0 Å². The Morgan fingerprint density at radius 1 is 1.23 bits per heavy atom. The van der Waals surface area contributed by atoms with Crippen LogP contribution in [0.25, 0.3) is 0 Å². The van der Waals surface area contributed by atoms with Crippen molar-refractivity contribution in [2.75, 3.05) is 0 Å². The first kappa shape index (κ1) is 20.9. The van der Waals surface area contributed by atoms with Crippen molar-refractivity contribution >= 4 is 5.78 Å². The molecule has 1 heterocycles. The molecule has 9 unspecified atom stereocenters. The van der Waals surface area contributed by atoms with E-state index in [9.17, 15) is 9.90 Å². The smallest absolute Gasteiger partial charge is 0.178 e. The second kappa shape index (κ2) is 6.78. The third-order valence-electron chi connectivity index (χ3n) is 10.3. The Labute approximate surface area is 182 Å². The van der Waals surface area contributed by atoms with Crippen molar-refractivity contribution in [3.63, 3.8) is 0 Å². The molecule has 0 amide bonds. The van der Waals surface area contributed by atoms with E-state index in [2.05, 4.69) is 40.7 Å². The Hall–Kier alpha value is -0.930. The van der Waals surface area contributed by atoms with Crippen molar-refractivity contribution in [3.8, 4) is 0 Å². The molecule has 0 bridgehead atoms. The Kier molecular flexibility index (Phi) is 4.74. The van der Waals surface area contributed by atoms with Gasteiger partial charge < -0.3 is 9.84 Å². The molecular weight excluding hydrogens is 372 g/mol. The van der Waals surface area contributed by atoms with Crippen molar-refractivity contribution in [2.24, 2.45) is 46.3 Å². The predicted molar refractivity (Wildman–Crippen MR) is 119 cm³/mol. The van der Waals surface area contributed by atoms with E-state index in [1.54, 1.807) is 0 Å². The van der Waals surface area contributed by atoms with Crippen LogP contribution < -0.4 is 0 Å². The zero-order valence-electron chi connectivity index (χ0n) is 19.5. The van der Waals surface area contributed by atoms with Crippen LogP contribution in [0.15, 0.2) is 23.8 Å². The topological polar surface area (TPSA) is 46.5 Å². The van der Waals surface area contributed by atoms with E-state index in [1.807, 2.05) is 12.2 Å². The first-order valence-electron chi connectivity index (χ1n) is 12.4. The van der Waals surface area contributed by atoms with E-state index < -0.39 is 5.79 Å². The number of fused-ring (bicyclic) bond motifs is 7. The number of carbonyl (C=O) groups excluding carboxylic acids is 1. The van der Waals surface area contributed by atoms with Gasteiger partial charge in [-0.25, -0.2) is 0 Å². The number of ether oxygens (including phenoxy) is 1. The molecular formula is C27H40O3. The van der Waals surface area contributed by atoms with Gasteiger partial charge in [0.1, 0.15) is 0 Å². The molecule has 1 saturated heterocycles. The van der Waals surface area contributed by atoms with Gasteiger partial charge in [0.05, 0.1) is 6.10 Å². The summed E-state index contributed by atoms with van der Waals surface area (Å²) >= 11 is 0. The van der Waals surface area contributed by atoms with Crippen LogP contribution in [0.5, 0.6) is 0 Å². The van der Waals surface area contributed by atoms with Crippen LogP contribution in [0.1, 0.15) is 79.6 Å². The summed E-state index contributed by atoms with van der Waals surface area (Å²) in [4.78, 5) is 12.0. The van der Waals surface area contributed by atoms with Gasteiger partial charge in [0.15, 0.2) is 11.6 Å². The zero-order chi connectivity index (χ0) is 21.5. The Balaban J connectivity index is 1.40. The third kappa shape index (κ3) is 2.80. The molecule has 5 aliphatic rings. The maximum atomic E-state index is 12.0. The molecule has 9 atom stereocenters. The first-order chi connectivity index (χ1) is 14.1. The van der Waals surface area contributed by atoms with Gasteiger partial charge in [-0.05, 0) is 85.7 Å². The number of aliphatic hydroxyl groups is 1. The lowest BCUT2D eigenvalue weighted by atomic mass is 9.47. The van der Waals surface area contributed by atoms with Crippen molar-refractivity contribution < 1.29 is 14.6 Å². The lowest BCUT2D eigenvalue weighted by Gasteiger charge is -2.57. The molecule has 30 heavy (non-hydrogen) atoms. The molecule has 4 aliphatic carbocycles. The van der Waals surface area contributed by atoms with Gasteiger partial charge in [-0.1, -0.05) is 46.3 Å². The molecule has 0 radical (unpaired) electrons. The average molecular weight is 413 g/mol. The van der Waals surface area contributed by atoms with Crippen LogP contribution in [0.3, 0.4) is 0 Å². The molecule has 4 fully saturated rings. The molecule has 166 valence electrons. The molecule has 0 aromatic heterocycles. The Morgan fingerprint density at radius 2 is 2.00 bits per heavy atom. The fourth-order valence-electron chi connectivity index (χ4n) is 8.67. The van der Waals surface area contributed by atoms with Gasteiger partial charge in [0.2, 0.25) is 0 Å². The number of ketones is 1. The average Bonchev–Trinajstić information content (AvgIpc) is 3.11. The van der Waals surface area contributed by atoms with Gasteiger partial charge in [0.25, 0.3) is 0 Å². The third-order valence-corrected chi connectivity index (χ3v) is 10.3. The second-order valence-corrected chi connectivity index (χ2v) is 12.1. The highest BCUT2D eigenvalue weighted by atomic mass is 16.6. The Morgan fingerprint density at radius 3 is 2.73 bits per heavy atom. The predicted octanol–water partition coefficient (Wildman–Crippen LogP) is 5.68. The first-order valence-corrected chi connectivity index (χ1v) is 12.4. The van der Waals surface area contributed by atoms with Crippen LogP contribution in [0, 0.1) is 46.3 Å². The quantitative estimate of drug-likeness (QED) is 0.649. The van der Waals surface area contributed by atoms with Crippen LogP contribution in [-0.4, -0.2) is 22.8 Å². The van der Waals surface area contributed by atoms with Gasteiger partial charge in [-0.2, -0.15) is 0 Å². The summed E-state index contributed by atoms with van der Waals surface area (Å²) in [5.41, 5.74) is 1.69. The highest BCUT2D eigenvalue weighted by Gasteiger charge is 2.67. The van der Waals surface area contributed by atoms with Crippen LogP contribution >= 0.6 is 0 Å². The molecule has 0 spiro atoms. The highest BCUT2D eigenvalue weighted by Crippen LogP contribution is 2.69. The van der Waals surface area contributed by atoms with Gasteiger partial charge in [-0.3, -0.25) is 4.79 Å². The minimum atomic E-state index is -0.939. The molecule has 5 rings (SSSR count). The summed E-state index contributed by atoms with van der Waals surface area (Å²) < 4.78 is 6.50. The van der Waals surface area contributed by atoms with Crippen molar-refractivity contribution in [1.29, 1.82) is 0 Å². The van der Waals surface area contributed by atoms with Gasteiger partial charge >= 0.3 is 0 Å². The second-order valence-electron chi connectivity index (χ2n) is 12.1. The molecule has 1 N–H and O–H groups in total. The number of carbonyl (C=O) groups is 1. The molecule has 1 aliphatic heterocycles. The largest absolute Gasteiger partial charge is 0.365 e. The summed E-state index contributed by atoms with van der Waals surface area (Å²) in [6.07, 6.45) is 13.8. The minimum absolute atomic E-state index is 0.0559. The van der Waals surface area contributed by atoms with Crippen LogP contribution in [0.4, 0.5) is 0 Å². The molecule has 3 nitrogen and oxygen atoms in total. The van der Waals surface area contributed by atoms with Crippen molar-refractivity contribution in [1.82, 2.24) is 0 Å². The van der Waals surface area contributed by atoms with E-state index in [-0.39, 0.29) is 28.6 Å².